The van der Waals surface area contributed by atoms with Gasteiger partial charge in [0, 0.05) is 25.6 Å². The summed E-state index contributed by atoms with van der Waals surface area (Å²) in [5.74, 6) is 0.501. The van der Waals surface area contributed by atoms with Gasteiger partial charge < -0.3 is 9.63 Å². The van der Waals surface area contributed by atoms with Crippen LogP contribution in [0, 0.1) is 5.92 Å². The molecule has 6 nitrogen and oxygen atoms in total. The molecule has 146 valence electrons. The van der Waals surface area contributed by atoms with E-state index in [2.05, 4.69) is 10.1 Å². The van der Waals surface area contributed by atoms with Crippen molar-refractivity contribution < 1.29 is 19.2 Å². The van der Waals surface area contributed by atoms with Gasteiger partial charge in [-0.3, -0.25) is 14.5 Å². The summed E-state index contributed by atoms with van der Waals surface area (Å²) in [6, 6.07) is 5.60. The maximum absolute atomic E-state index is 12.2. The second-order valence-electron chi connectivity index (χ2n) is 7.19. The Labute approximate surface area is 163 Å². The van der Waals surface area contributed by atoms with E-state index in [1.54, 1.807) is 24.3 Å². The van der Waals surface area contributed by atoms with Crippen molar-refractivity contribution in [3.8, 4) is 10.6 Å². The van der Waals surface area contributed by atoms with Crippen molar-refractivity contribution in [2.24, 2.45) is 5.92 Å². The number of nitrogens with zero attached hydrogens (tertiary/aromatic N) is 2. The van der Waals surface area contributed by atoms with Crippen LogP contribution < -0.4 is 0 Å². The Morgan fingerprint density at radius 3 is 2.81 bits per heavy atom. The van der Waals surface area contributed by atoms with E-state index in [4.69, 9.17) is 4.52 Å². The average Bonchev–Trinajstić information content (AvgIpc) is 3.37. The number of Topliss-reactive ketones (excluding diaryl/α,β-unsaturated/α-hetero) is 2. The monoisotopic (exact) mass is 390 g/mol. The zero-order valence-electron chi connectivity index (χ0n) is 15.6. The third-order valence-electron chi connectivity index (χ3n) is 5.07. The van der Waals surface area contributed by atoms with Crippen molar-refractivity contribution in [1.82, 2.24) is 10.1 Å². The quantitative estimate of drug-likeness (QED) is 0.494. The second-order valence-corrected chi connectivity index (χ2v) is 8.13. The number of aliphatic hydroxyl groups excluding tert-OH is 1. The van der Waals surface area contributed by atoms with Crippen LogP contribution in [0.5, 0.6) is 0 Å². The summed E-state index contributed by atoms with van der Waals surface area (Å²) in [7, 11) is 0. The highest BCUT2D eigenvalue weighted by Gasteiger charge is 2.33. The van der Waals surface area contributed by atoms with Crippen LogP contribution >= 0.6 is 11.3 Å². The number of thiophene rings is 1. The first-order chi connectivity index (χ1) is 13.0. The summed E-state index contributed by atoms with van der Waals surface area (Å²) in [5, 5.41) is 15.7. The molecule has 0 unspecified atom stereocenters. The molecule has 1 fully saturated rings. The highest BCUT2D eigenvalue weighted by molar-refractivity contribution is 7.13. The van der Waals surface area contributed by atoms with Gasteiger partial charge in [0.25, 0.3) is 0 Å². The maximum Gasteiger partial charge on any atom is 0.184 e. The first-order valence-electron chi connectivity index (χ1n) is 9.49. The van der Waals surface area contributed by atoms with Crippen LogP contribution in [0.25, 0.3) is 10.6 Å². The largest absolute Gasteiger partial charge is 0.391 e. The lowest BCUT2D eigenvalue weighted by Gasteiger charge is -2.14. The van der Waals surface area contributed by atoms with E-state index >= 15 is 0 Å². The lowest BCUT2D eigenvalue weighted by atomic mass is 10.0. The van der Waals surface area contributed by atoms with Crippen molar-refractivity contribution >= 4 is 22.9 Å². The number of hydrogen-bond acceptors (Lipinski definition) is 7. The zero-order chi connectivity index (χ0) is 19.2. The van der Waals surface area contributed by atoms with E-state index < -0.39 is 6.10 Å². The highest BCUT2D eigenvalue weighted by atomic mass is 32.1. The molecule has 0 bridgehead atoms. The Bertz CT molecular complexity index is 756. The number of carbonyl (C=O) groups excluding carboxylic acids is 2. The van der Waals surface area contributed by atoms with E-state index in [0.717, 1.165) is 37.1 Å². The van der Waals surface area contributed by atoms with E-state index in [1.807, 2.05) is 17.5 Å². The van der Waals surface area contributed by atoms with Crippen LogP contribution in [0.2, 0.25) is 0 Å². The minimum absolute atomic E-state index is 0.0218. The summed E-state index contributed by atoms with van der Waals surface area (Å²) in [6.07, 6.45) is 3.81. The molecular weight excluding hydrogens is 364 g/mol. The number of aromatic nitrogens is 1. The molecule has 1 aliphatic rings. The topological polar surface area (TPSA) is 83.6 Å². The van der Waals surface area contributed by atoms with E-state index in [1.165, 1.54) is 0 Å². The molecule has 3 rings (SSSR count). The summed E-state index contributed by atoms with van der Waals surface area (Å²) < 4.78 is 5.26. The fourth-order valence-corrected chi connectivity index (χ4v) is 4.17. The number of unbranched alkanes of at least 4 members (excludes halogenated alkanes) is 3. The summed E-state index contributed by atoms with van der Waals surface area (Å²) in [6.45, 7) is 3.68. The molecule has 3 heterocycles. The van der Waals surface area contributed by atoms with Gasteiger partial charge in [-0.25, -0.2) is 0 Å². The predicted octanol–water partition coefficient (Wildman–Crippen LogP) is 3.42. The van der Waals surface area contributed by atoms with Gasteiger partial charge in [-0.05, 0) is 37.8 Å². The predicted molar refractivity (Wildman–Crippen MR) is 104 cm³/mol. The second kappa shape index (κ2) is 9.39. The van der Waals surface area contributed by atoms with E-state index in [9.17, 15) is 14.7 Å². The van der Waals surface area contributed by atoms with Gasteiger partial charge in [0.15, 0.2) is 11.5 Å². The third-order valence-corrected chi connectivity index (χ3v) is 5.96. The molecule has 7 heteroatoms. The fraction of sp³-hybridized carbons (Fsp3) is 0.550. The number of likely N-dealkylation sites (tertiary alicyclic amines) is 1. The number of rotatable bonds is 10. The number of hydrogen-bond donors (Lipinski definition) is 1. The Morgan fingerprint density at radius 1 is 1.30 bits per heavy atom. The summed E-state index contributed by atoms with van der Waals surface area (Å²) >= 11 is 1.56. The molecule has 0 saturated carbocycles. The smallest absolute Gasteiger partial charge is 0.184 e. The van der Waals surface area contributed by atoms with Crippen molar-refractivity contribution in [2.75, 3.05) is 19.6 Å². The highest BCUT2D eigenvalue weighted by Crippen LogP contribution is 2.25. The molecular formula is C20H26N2O4S. The lowest BCUT2D eigenvalue weighted by Crippen LogP contribution is -2.24. The van der Waals surface area contributed by atoms with Gasteiger partial charge in [-0.1, -0.05) is 24.1 Å². The van der Waals surface area contributed by atoms with Crippen LogP contribution in [-0.4, -0.2) is 52.5 Å². The Morgan fingerprint density at radius 2 is 2.11 bits per heavy atom. The first kappa shape index (κ1) is 19.9. The average molecular weight is 391 g/mol. The molecule has 0 aromatic carbocycles. The van der Waals surface area contributed by atoms with Crippen molar-refractivity contribution in [3.05, 3.63) is 29.3 Å². The van der Waals surface area contributed by atoms with Crippen molar-refractivity contribution in [1.29, 1.82) is 0 Å². The molecule has 2 aromatic rings. The van der Waals surface area contributed by atoms with Gasteiger partial charge in [0.05, 0.1) is 16.9 Å². The van der Waals surface area contributed by atoms with Crippen LogP contribution in [0.1, 0.15) is 49.5 Å². The molecule has 0 amide bonds. The fourth-order valence-electron chi connectivity index (χ4n) is 3.49. The Hall–Kier alpha value is -1.83. The van der Waals surface area contributed by atoms with Crippen LogP contribution in [0.15, 0.2) is 28.1 Å². The molecule has 0 aliphatic carbocycles. The van der Waals surface area contributed by atoms with Gasteiger partial charge in [-0.2, -0.15) is 0 Å². The van der Waals surface area contributed by atoms with Gasteiger partial charge in [0.2, 0.25) is 0 Å². The molecule has 1 N–H and O–H groups in total. The minimum Gasteiger partial charge on any atom is -0.391 e. The van der Waals surface area contributed by atoms with E-state index in [0.29, 0.717) is 31.0 Å². The maximum atomic E-state index is 12.2. The van der Waals surface area contributed by atoms with Crippen LogP contribution in [0.4, 0.5) is 0 Å². The number of ketones is 2. The number of β-amino-alcohol motifs (C(OH)–C–C–N with tert-alkyl or cyclic N) is 1. The molecule has 0 spiro atoms. The lowest BCUT2D eigenvalue weighted by molar-refractivity contribution is -0.122. The standard InChI is InChI=1S/C20H26N2O4S/c1-14(23)15-12-22(13-18(15)25)9-5-3-2-4-7-17(24)16-11-19(26-21-16)20-8-6-10-27-20/h6,8,10-11,15,18,25H,2-5,7,9,12-13H2,1H3/t15-,18+/m1/s1. The Balaban J connectivity index is 1.30. The Kier molecular flexibility index (Phi) is 6.93. The molecule has 1 aliphatic heterocycles. The molecule has 2 atom stereocenters. The zero-order valence-corrected chi connectivity index (χ0v) is 16.4. The SMILES string of the molecule is CC(=O)[C@H]1CN(CCCCCCC(=O)c2cc(-c3cccs3)on2)C[C@@H]1O. The molecule has 27 heavy (non-hydrogen) atoms. The third kappa shape index (κ3) is 5.34. The minimum atomic E-state index is -0.526. The van der Waals surface area contributed by atoms with Crippen molar-refractivity contribution in [2.45, 2.75) is 45.1 Å². The first-order valence-corrected chi connectivity index (χ1v) is 10.4. The number of carbonyl (C=O) groups is 2. The van der Waals surface area contributed by atoms with Crippen LogP contribution in [-0.2, 0) is 4.79 Å². The molecule has 2 aromatic heterocycles. The normalized spacial score (nSPS) is 20.2. The van der Waals surface area contributed by atoms with Crippen molar-refractivity contribution in [3.63, 3.8) is 0 Å². The van der Waals surface area contributed by atoms with E-state index in [-0.39, 0.29) is 17.5 Å². The van der Waals surface area contributed by atoms with Gasteiger partial charge in [-0.15, -0.1) is 11.3 Å². The van der Waals surface area contributed by atoms with Crippen LogP contribution in [0.3, 0.4) is 0 Å². The summed E-state index contributed by atoms with van der Waals surface area (Å²) in [4.78, 5) is 26.8. The summed E-state index contributed by atoms with van der Waals surface area (Å²) in [5.41, 5.74) is 0.403. The number of aliphatic hydroxyl groups is 1. The van der Waals surface area contributed by atoms with Gasteiger partial charge in [0.1, 0.15) is 11.5 Å². The molecule has 1 saturated heterocycles. The van der Waals surface area contributed by atoms with Gasteiger partial charge >= 0.3 is 0 Å². The molecule has 0 radical (unpaired) electrons.